The van der Waals surface area contributed by atoms with Crippen molar-refractivity contribution >= 4 is 0 Å². The second-order valence-corrected chi connectivity index (χ2v) is 5.46. The second-order valence-electron chi connectivity index (χ2n) is 5.46. The number of fused-ring (bicyclic) bond motifs is 1. The second kappa shape index (κ2) is 5.59. The average Bonchev–Trinajstić information content (AvgIpc) is 2.33. The number of nitrogens with zero attached hydrogens (tertiary/aromatic N) is 1. The van der Waals surface area contributed by atoms with E-state index in [-0.39, 0.29) is 6.10 Å². The predicted octanol–water partition coefficient (Wildman–Crippen LogP) is 3.53. The Hall–Kier alpha value is -1.25. The van der Waals surface area contributed by atoms with E-state index in [4.69, 9.17) is 9.47 Å². The minimum absolute atomic E-state index is 0.178. The summed E-state index contributed by atoms with van der Waals surface area (Å²) in [6.45, 7) is 9.22. The third-order valence-electron chi connectivity index (χ3n) is 3.18. The normalized spacial score (nSPS) is 18.2. The van der Waals surface area contributed by atoms with Gasteiger partial charge in [0, 0.05) is 11.8 Å². The molecule has 0 bridgehead atoms. The summed E-state index contributed by atoms with van der Waals surface area (Å²) >= 11 is 0. The van der Waals surface area contributed by atoms with Gasteiger partial charge in [-0.3, -0.25) is 4.98 Å². The summed E-state index contributed by atoms with van der Waals surface area (Å²) in [7, 11) is 0. The number of aromatic nitrogens is 1. The van der Waals surface area contributed by atoms with Crippen LogP contribution in [0, 0.1) is 12.8 Å². The molecule has 1 unspecified atom stereocenters. The van der Waals surface area contributed by atoms with Crippen molar-refractivity contribution in [3.8, 4) is 11.5 Å². The van der Waals surface area contributed by atoms with Crippen LogP contribution in [0.15, 0.2) is 6.20 Å². The fraction of sp³-hybridized carbons (Fsp3) is 0.667. The lowest BCUT2D eigenvalue weighted by Crippen LogP contribution is -2.30. The van der Waals surface area contributed by atoms with Crippen LogP contribution < -0.4 is 9.47 Å². The molecule has 3 heteroatoms. The molecule has 1 aromatic rings. The smallest absolute Gasteiger partial charge is 0.183 e. The summed E-state index contributed by atoms with van der Waals surface area (Å²) in [6.07, 6.45) is 5.24. The van der Waals surface area contributed by atoms with E-state index in [1.54, 1.807) is 0 Å². The van der Waals surface area contributed by atoms with Gasteiger partial charge in [-0.05, 0) is 25.7 Å². The van der Waals surface area contributed by atoms with Crippen molar-refractivity contribution in [1.82, 2.24) is 4.98 Å². The maximum Gasteiger partial charge on any atom is 0.183 e. The van der Waals surface area contributed by atoms with Crippen molar-refractivity contribution in [3.05, 3.63) is 17.5 Å². The molecule has 0 aromatic carbocycles. The predicted molar refractivity (Wildman–Crippen MR) is 72.3 cm³/mol. The molecule has 0 amide bonds. The van der Waals surface area contributed by atoms with E-state index in [0.29, 0.717) is 12.5 Å². The van der Waals surface area contributed by atoms with Crippen molar-refractivity contribution in [3.63, 3.8) is 0 Å². The molecule has 0 saturated carbocycles. The quantitative estimate of drug-likeness (QED) is 0.818. The standard InChI is InChI=1S/C15H23NO2/c1-5-6-13-9-17-15-12(7-10(2)3)8-16-11(4)14(15)18-13/h8,10,13H,5-7,9H2,1-4H3. The number of pyridine rings is 1. The van der Waals surface area contributed by atoms with E-state index in [2.05, 4.69) is 25.8 Å². The zero-order valence-electron chi connectivity index (χ0n) is 11.8. The first-order valence-electron chi connectivity index (χ1n) is 6.89. The van der Waals surface area contributed by atoms with E-state index in [9.17, 15) is 0 Å². The minimum atomic E-state index is 0.178. The molecular weight excluding hydrogens is 226 g/mol. The molecule has 0 radical (unpaired) electrons. The molecule has 0 aliphatic carbocycles. The fourth-order valence-corrected chi connectivity index (χ4v) is 2.33. The summed E-state index contributed by atoms with van der Waals surface area (Å²) in [6, 6.07) is 0. The van der Waals surface area contributed by atoms with Crippen molar-refractivity contribution in [2.75, 3.05) is 6.61 Å². The highest BCUT2D eigenvalue weighted by Crippen LogP contribution is 2.38. The van der Waals surface area contributed by atoms with Gasteiger partial charge in [-0.2, -0.15) is 0 Å². The van der Waals surface area contributed by atoms with Crippen molar-refractivity contribution in [2.24, 2.45) is 5.92 Å². The van der Waals surface area contributed by atoms with Crippen LogP contribution in [-0.4, -0.2) is 17.7 Å². The van der Waals surface area contributed by atoms with Crippen molar-refractivity contribution in [2.45, 2.75) is 53.1 Å². The van der Waals surface area contributed by atoms with Gasteiger partial charge in [0.2, 0.25) is 0 Å². The van der Waals surface area contributed by atoms with E-state index in [1.165, 1.54) is 5.56 Å². The molecule has 2 heterocycles. The molecule has 0 N–H and O–H groups in total. The van der Waals surface area contributed by atoms with Gasteiger partial charge < -0.3 is 9.47 Å². The SMILES string of the molecule is CCCC1COc2c(CC(C)C)cnc(C)c2O1. The first kappa shape index (κ1) is 13.2. The molecule has 2 rings (SSSR count). The molecule has 0 saturated heterocycles. The number of aryl methyl sites for hydroxylation is 1. The zero-order valence-corrected chi connectivity index (χ0v) is 11.8. The number of hydrogen-bond acceptors (Lipinski definition) is 3. The Morgan fingerprint density at radius 3 is 2.83 bits per heavy atom. The summed E-state index contributed by atoms with van der Waals surface area (Å²) in [5.41, 5.74) is 2.10. The summed E-state index contributed by atoms with van der Waals surface area (Å²) < 4.78 is 12.0. The third-order valence-corrected chi connectivity index (χ3v) is 3.18. The summed E-state index contributed by atoms with van der Waals surface area (Å²) in [5, 5.41) is 0. The Balaban J connectivity index is 2.27. The van der Waals surface area contributed by atoms with E-state index in [0.717, 1.165) is 36.5 Å². The van der Waals surface area contributed by atoms with Crippen LogP contribution >= 0.6 is 0 Å². The number of rotatable bonds is 4. The lowest BCUT2D eigenvalue weighted by atomic mass is 10.0. The minimum Gasteiger partial charge on any atom is -0.485 e. The molecular formula is C15H23NO2. The molecule has 3 nitrogen and oxygen atoms in total. The monoisotopic (exact) mass is 249 g/mol. The van der Waals surface area contributed by atoms with Gasteiger partial charge in [0.15, 0.2) is 11.5 Å². The van der Waals surface area contributed by atoms with Gasteiger partial charge in [0.1, 0.15) is 12.7 Å². The van der Waals surface area contributed by atoms with Crippen LogP contribution in [0.25, 0.3) is 0 Å². The third kappa shape index (κ3) is 2.77. The molecule has 1 aromatic heterocycles. The highest BCUT2D eigenvalue weighted by molar-refractivity contribution is 5.49. The molecule has 1 aliphatic heterocycles. The summed E-state index contributed by atoms with van der Waals surface area (Å²) in [4.78, 5) is 4.44. The first-order valence-corrected chi connectivity index (χ1v) is 6.89. The largest absolute Gasteiger partial charge is 0.485 e. The van der Waals surface area contributed by atoms with Gasteiger partial charge in [-0.25, -0.2) is 0 Å². The van der Waals surface area contributed by atoms with Gasteiger partial charge >= 0.3 is 0 Å². The number of hydrogen-bond donors (Lipinski definition) is 0. The summed E-state index contributed by atoms with van der Waals surface area (Å²) in [5.74, 6) is 2.37. The molecule has 0 spiro atoms. The van der Waals surface area contributed by atoms with Gasteiger partial charge in [-0.1, -0.05) is 27.2 Å². The van der Waals surface area contributed by atoms with Crippen LogP contribution in [0.5, 0.6) is 11.5 Å². The highest BCUT2D eigenvalue weighted by Gasteiger charge is 2.25. The van der Waals surface area contributed by atoms with E-state index < -0.39 is 0 Å². The Bertz CT molecular complexity index is 415. The maximum atomic E-state index is 6.04. The fourth-order valence-electron chi connectivity index (χ4n) is 2.33. The van der Waals surface area contributed by atoms with Crippen LogP contribution in [0.1, 0.15) is 44.9 Å². The Labute approximate surface area is 110 Å². The first-order chi connectivity index (χ1) is 8.61. The molecule has 18 heavy (non-hydrogen) atoms. The molecule has 1 atom stereocenters. The van der Waals surface area contributed by atoms with Gasteiger partial charge in [0.25, 0.3) is 0 Å². The van der Waals surface area contributed by atoms with E-state index in [1.807, 2.05) is 13.1 Å². The Morgan fingerprint density at radius 2 is 2.17 bits per heavy atom. The van der Waals surface area contributed by atoms with Crippen LogP contribution in [0.3, 0.4) is 0 Å². The van der Waals surface area contributed by atoms with Crippen molar-refractivity contribution < 1.29 is 9.47 Å². The van der Waals surface area contributed by atoms with Crippen LogP contribution in [-0.2, 0) is 6.42 Å². The zero-order chi connectivity index (χ0) is 13.1. The Morgan fingerprint density at radius 1 is 1.39 bits per heavy atom. The topological polar surface area (TPSA) is 31.4 Å². The lowest BCUT2D eigenvalue weighted by molar-refractivity contribution is 0.0815. The Kier molecular flexibility index (Phi) is 4.10. The van der Waals surface area contributed by atoms with Crippen LogP contribution in [0.2, 0.25) is 0 Å². The molecule has 100 valence electrons. The highest BCUT2D eigenvalue weighted by atomic mass is 16.6. The average molecular weight is 249 g/mol. The lowest BCUT2D eigenvalue weighted by Gasteiger charge is -2.29. The van der Waals surface area contributed by atoms with Gasteiger partial charge in [-0.15, -0.1) is 0 Å². The van der Waals surface area contributed by atoms with Crippen LogP contribution in [0.4, 0.5) is 0 Å². The van der Waals surface area contributed by atoms with Crippen molar-refractivity contribution in [1.29, 1.82) is 0 Å². The maximum absolute atomic E-state index is 6.04. The number of ether oxygens (including phenoxy) is 2. The van der Waals surface area contributed by atoms with E-state index >= 15 is 0 Å². The van der Waals surface area contributed by atoms with Gasteiger partial charge in [0.05, 0.1) is 5.69 Å². The molecule has 0 fully saturated rings. The molecule has 1 aliphatic rings.